The molecule has 1 fully saturated rings. The smallest absolute Gasteiger partial charge is 0.360 e. The number of amides is 2. The Morgan fingerprint density at radius 3 is 2.46 bits per heavy atom. The molecule has 0 aromatic carbocycles. The van der Waals surface area contributed by atoms with E-state index in [1.54, 1.807) is 21.0 Å². The van der Waals surface area contributed by atoms with Crippen molar-refractivity contribution in [2.75, 3.05) is 17.7 Å². The number of aromatic nitrogens is 4. The Labute approximate surface area is 149 Å². The molecule has 0 atom stereocenters. The maximum atomic E-state index is 12.5. The standard InChI is InChI=1S/C16H20N6O4/c1-8-12(13(16(25)26-4)20-21(8)2)18-15(24)10-7-11(22(3)19-10)17-14(23)9-5-6-9/h7,9H,5-6H2,1-4H3,(H,17,23)(H,18,24). The molecule has 0 saturated heterocycles. The summed E-state index contributed by atoms with van der Waals surface area (Å²) in [5, 5.41) is 13.6. The van der Waals surface area contributed by atoms with Gasteiger partial charge in [0.15, 0.2) is 11.4 Å². The minimum Gasteiger partial charge on any atom is -0.464 e. The van der Waals surface area contributed by atoms with Gasteiger partial charge in [-0.2, -0.15) is 10.2 Å². The number of rotatable bonds is 5. The molecule has 2 heterocycles. The van der Waals surface area contributed by atoms with Crippen LogP contribution in [-0.4, -0.2) is 44.5 Å². The minimum absolute atomic E-state index is 0.0130. The zero-order valence-electron chi connectivity index (χ0n) is 15.0. The highest BCUT2D eigenvalue weighted by Gasteiger charge is 2.30. The van der Waals surface area contributed by atoms with Gasteiger partial charge in [-0.15, -0.1) is 0 Å². The summed E-state index contributed by atoms with van der Waals surface area (Å²) in [6, 6.07) is 1.49. The summed E-state index contributed by atoms with van der Waals surface area (Å²) in [7, 11) is 4.53. The number of nitrogens with one attached hydrogen (secondary N) is 2. The van der Waals surface area contributed by atoms with Crippen LogP contribution in [0, 0.1) is 12.8 Å². The molecule has 0 bridgehead atoms. The Kier molecular flexibility index (Phi) is 4.49. The number of hydrogen-bond acceptors (Lipinski definition) is 6. The number of ether oxygens (including phenoxy) is 1. The van der Waals surface area contributed by atoms with Crippen LogP contribution in [-0.2, 0) is 23.6 Å². The molecule has 2 aromatic rings. The Morgan fingerprint density at radius 1 is 1.15 bits per heavy atom. The Bertz CT molecular complexity index is 893. The number of carbonyl (C=O) groups is 3. The minimum atomic E-state index is -0.651. The molecule has 3 rings (SSSR count). The molecule has 0 spiro atoms. The van der Waals surface area contributed by atoms with Gasteiger partial charge in [0, 0.05) is 26.1 Å². The first-order valence-corrected chi connectivity index (χ1v) is 8.10. The van der Waals surface area contributed by atoms with Crippen molar-refractivity contribution in [3.63, 3.8) is 0 Å². The summed E-state index contributed by atoms with van der Waals surface area (Å²) in [6.07, 6.45) is 1.77. The lowest BCUT2D eigenvalue weighted by atomic mass is 10.2. The van der Waals surface area contributed by atoms with Crippen LogP contribution in [0.4, 0.5) is 11.5 Å². The summed E-state index contributed by atoms with van der Waals surface area (Å²) in [5.41, 5.74) is 0.979. The van der Waals surface area contributed by atoms with Gasteiger partial charge in [0.2, 0.25) is 5.91 Å². The van der Waals surface area contributed by atoms with E-state index in [4.69, 9.17) is 4.74 Å². The van der Waals surface area contributed by atoms with Gasteiger partial charge in [0.25, 0.3) is 5.91 Å². The molecule has 0 unspecified atom stereocenters. The maximum absolute atomic E-state index is 12.5. The summed E-state index contributed by atoms with van der Waals surface area (Å²) < 4.78 is 7.59. The summed E-state index contributed by atoms with van der Waals surface area (Å²) in [5.74, 6) is -0.766. The molecule has 2 aromatic heterocycles. The fourth-order valence-corrected chi connectivity index (χ4v) is 2.44. The van der Waals surface area contributed by atoms with Crippen molar-refractivity contribution in [3.05, 3.63) is 23.1 Å². The fraction of sp³-hybridized carbons (Fsp3) is 0.438. The molecular formula is C16H20N6O4. The average molecular weight is 360 g/mol. The van der Waals surface area contributed by atoms with Crippen molar-refractivity contribution in [1.82, 2.24) is 19.6 Å². The number of methoxy groups -OCH3 is 1. The summed E-state index contributed by atoms with van der Waals surface area (Å²) in [4.78, 5) is 36.3. The largest absolute Gasteiger partial charge is 0.464 e. The molecule has 2 amide bonds. The average Bonchev–Trinajstić information content (AvgIpc) is 3.35. The van der Waals surface area contributed by atoms with E-state index in [1.807, 2.05) is 0 Å². The van der Waals surface area contributed by atoms with Gasteiger partial charge in [0.1, 0.15) is 5.82 Å². The van der Waals surface area contributed by atoms with E-state index in [0.717, 1.165) is 12.8 Å². The highest BCUT2D eigenvalue weighted by atomic mass is 16.5. The van der Waals surface area contributed by atoms with Crippen LogP contribution in [0.15, 0.2) is 6.07 Å². The molecular weight excluding hydrogens is 340 g/mol. The van der Waals surface area contributed by atoms with Crippen molar-refractivity contribution < 1.29 is 19.1 Å². The monoisotopic (exact) mass is 360 g/mol. The number of nitrogens with zero attached hydrogens (tertiary/aromatic N) is 4. The molecule has 10 nitrogen and oxygen atoms in total. The van der Waals surface area contributed by atoms with Crippen molar-refractivity contribution in [2.45, 2.75) is 19.8 Å². The normalized spacial score (nSPS) is 13.4. The fourth-order valence-electron chi connectivity index (χ4n) is 2.44. The Balaban J connectivity index is 1.80. The van der Waals surface area contributed by atoms with Gasteiger partial charge >= 0.3 is 5.97 Å². The number of anilines is 2. The van der Waals surface area contributed by atoms with Crippen LogP contribution in [0.25, 0.3) is 0 Å². The van der Waals surface area contributed by atoms with E-state index in [0.29, 0.717) is 11.5 Å². The molecule has 0 radical (unpaired) electrons. The number of carbonyl (C=O) groups excluding carboxylic acids is 3. The molecule has 26 heavy (non-hydrogen) atoms. The van der Waals surface area contributed by atoms with Crippen LogP contribution < -0.4 is 10.6 Å². The van der Waals surface area contributed by atoms with Crippen LogP contribution in [0.2, 0.25) is 0 Å². The molecule has 0 aliphatic heterocycles. The predicted molar refractivity (Wildman–Crippen MR) is 91.8 cm³/mol. The van der Waals surface area contributed by atoms with Crippen molar-refractivity contribution in [2.24, 2.45) is 20.0 Å². The van der Waals surface area contributed by atoms with Gasteiger partial charge in [-0.25, -0.2) is 4.79 Å². The second kappa shape index (κ2) is 6.62. The van der Waals surface area contributed by atoms with E-state index in [1.165, 1.54) is 22.5 Å². The number of esters is 1. The van der Waals surface area contributed by atoms with Crippen molar-refractivity contribution in [3.8, 4) is 0 Å². The lowest BCUT2D eigenvalue weighted by Crippen LogP contribution is -2.16. The SMILES string of the molecule is COC(=O)c1nn(C)c(C)c1NC(=O)c1cc(NC(=O)C2CC2)n(C)n1. The third kappa shape index (κ3) is 3.30. The second-order valence-electron chi connectivity index (χ2n) is 6.18. The van der Waals surface area contributed by atoms with Crippen LogP contribution in [0.5, 0.6) is 0 Å². The predicted octanol–water partition coefficient (Wildman–Crippen LogP) is 0.849. The van der Waals surface area contributed by atoms with Crippen LogP contribution >= 0.6 is 0 Å². The van der Waals surface area contributed by atoms with Crippen molar-refractivity contribution >= 4 is 29.3 Å². The lowest BCUT2D eigenvalue weighted by Gasteiger charge is -2.04. The lowest BCUT2D eigenvalue weighted by molar-refractivity contribution is -0.117. The number of hydrogen-bond donors (Lipinski definition) is 2. The van der Waals surface area contributed by atoms with Gasteiger partial charge in [0.05, 0.1) is 18.5 Å². The molecule has 1 aliphatic carbocycles. The van der Waals surface area contributed by atoms with Crippen molar-refractivity contribution in [1.29, 1.82) is 0 Å². The quantitative estimate of drug-likeness (QED) is 0.763. The van der Waals surface area contributed by atoms with E-state index >= 15 is 0 Å². The van der Waals surface area contributed by atoms with Gasteiger partial charge in [-0.05, 0) is 19.8 Å². The summed E-state index contributed by atoms with van der Waals surface area (Å²) in [6.45, 7) is 1.72. The maximum Gasteiger partial charge on any atom is 0.360 e. The van der Waals surface area contributed by atoms with Gasteiger partial charge < -0.3 is 15.4 Å². The number of aryl methyl sites for hydroxylation is 2. The van der Waals surface area contributed by atoms with E-state index in [9.17, 15) is 14.4 Å². The third-order valence-electron chi connectivity index (χ3n) is 4.26. The molecule has 1 aliphatic rings. The zero-order valence-corrected chi connectivity index (χ0v) is 15.0. The zero-order chi connectivity index (χ0) is 19.0. The first-order valence-electron chi connectivity index (χ1n) is 8.10. The summed E-state index contributed by atoms with van der Waals surface area (Å²) >= 11 is 0. The highest BCUT2D eigenvalue weighted by molar-refractivity contribution is 6.07. The first kappa shape index (κ1) is 17.6. The Hall–Kier alpha value is -3.17. The third-order valence-corrected chi connectivity index (χ3v) is 4.26. The van der Waals surface area contributed by atoms with E-state index in [-0.39, 0.29) is 28.9 Å². The van der Waals surface area contributed by atoms with E-state index in [2.05, 4.69) is 20.8 Å². The molecule has 10 heteroatoms. The highest BCUT2D eigenvalue weighted by Crippen LogP contribution is 2.30. The van der Waals surface area contributed by atoms with Gasteiger partial charge in [-0.1, -0.05) is 0 Å². The topological polar surface area (TPSA) is 120 Å². The van der Waals surface area contributed by atoms with E-state index < -0.39 is 11.9 Å². The Morgan fingerprint density at radius 2 is 1.85 bits per heavy atom. The molecule has 1 saturated carbocycles. The molecule has 2 N–H and O–H groups in total. The van der Waals surface area contributed by atoms with Crippen LogP contribution in [0.1, 0.15) is 39.5 Å². The second-order valence-corrected chi connectivity index (χ2v) is 6.18. The van der Waals surface area contributed by atoms with Crippen LogP contribution in [0.3, 0.4) is 0 Å². The first-order chi connectivity index (χ1) is 12.3. The molecule has 138 valence electrons. The van der Waals surface area contributed by atoms with Gasteiger partial charge in [-0.3, -0.25) is 19.0 Å².